The summed E-state index contributed by atoms with van der Waals surface area (Å²) in [6.07, 6.45) is 0. The number of amides is 1. The molecule has 0 saturated carbocycles. The third kappa shape index (κ3) is 4.10. The van der Waals surface area contributed by atoms with Crippen molar-refractivity contribution in [2.75, 3.05) is 10.6 Å². The smallest absolute Gasteiger partial charge is 0.246 e. The van der Waals surface area contributed by atoms with E-state index in [4.69, 9.17) is 0 Å². The standard InChI is InChI=1S/C19H24N2O/c1-13(2)17-10-5-6-11-18(17)21-19(22)15(4)20-16-9-7-8-14(3)12-16/h5-13,15,20H,1-4H3,(H,21,22). The van der Waals surface area contributed by atoms with E-state index in [1.54, 1.807) is 0 Å². The van der Waals surface area contributed by atoms with Gasteiger partial charge in [-0.2, -0.15) is 0 Å². The monoisotopic (exact) mass is 296 g/mol. The highest BCUT2D eigenvalue weighted by Gasteiger charge is 2.15. The second-order valence-electron chi connectivity index (χ2n) is 5.97. The lowest BCUT2D eigenvalue weighted by molar-refractivity contribution is -0.116. The molecule has 0 heterocycles. The molecule has 3 heteroatoms. The zero-order valence-electron chi connectivity index (χ0n) is 13.7. The second kappa shape index (κ2) is 7.12. The minimum Gasteiger partial charge on any atom is -0.374 e. The molecule has 1 amide bonds. The first-order chi connectivity index (χ1) is 10.5. The first-order valence-electron chi connectivity index (χ1n) is 7.70. The molecule has 0 saturated heterocycles. The fourth-order valence-electron chi connectivity index (χ4n) is 2.41. The SMILES string of the molecule is Cc1cccc(NC(C)C(=O)Nc2ccccc2C(C)C)c1. The molecule has 0 aliphatic rings. The zero-order valence-corrected chi connectivity index (χ0v) is 13.7. The fourth-order valence-corrected chi connectivity index (χ4v) is 2.41. The van der Waals surface area contributed by atoms with Gasteiger partial charge in [0.05, 0.1) is 0 Å². The summed E-state index contributed by atoms with van der Waals surface area (Å²) < 4.78 is 0. The van der Waals surface area contributed by atoms with Crippen molar-refractivity contribution >= 4 is 17.3 Å². The largest absolute Gasteiger partial charge is 0.374 e. The van der Waals surface area contributed by atoms with Crippen molar-refractivity contribution in [3.63, 3.8) is 0 Å². The van der Waals surface area contributed by atoms with Crippen LogP contribution in [-0.2, 0) is 4.79 Å². The van der Waals surface area contributed by atoms with E-state index in [0.717, 1.165) is 16.9 Å². The van der Waals surface area contributed by atoms with Gasteiger partial charge in [-0.25, -0.2) is 0 Å². The van der Waals surface area contributed by atoms with Gasteiger partial charge in [0.2, 0.25) is 5.91 Å². The van der Waals surface area contributed by atoms with Crippen LogP contribution in [-0.4, -0.2) is 11.9 Å². The summed E-state index contributed by atoms with van der Waals surface area (Å²) in [4.78, 5) is 12.4. The van der Waals surface area contributed by atoms with Crippen LogP contribution in [0.3, 0.4) is 0 Å². The van der Waals surface area contributed by atoms with Crippen LogP contribution in [0.5, 0.6) is 0 Å². The Bertz CT molecular complexity index is 649. The van der Waals surface area contributed by atoms with Gasteiger partial charge in [0, 0.05) is 11.4 Å². The average molecular weight is 296 g/mol. The van der Waals surface area contributed by atoms with Gasteiger partial charge in [0.1, 0.15) is 6.04 Å². The highest BCUT2D eigenvalue weighted by atomic mass is 16.2. The lowest BCUT2D eigenvalue weighted by atomic mass is 10.0. The Morgan fingerprint density at radius 3 is 2.41 bits per heavy atom. The van der Waals surface area contributed by atoms with Crippen LogP contribution in [0.25, 0.3) is 0 Å². The van der Waals surface area contributed by atoms with Gasteiger partial charge in [-0.05, 0) is 49.1 Å². The Kier molecular flexibility index (Phi) is 5.21. The Morgan fingerprint density at radius 2 is 1.73 bits per heavy atom. The molecule has 1 unspecified atom stereocenters. The van der Waals surface area contributed by atoms with Crippen molar-refractivity contribution in [2.45, 2.75) is 39.7 Å². The molecular formula is C19H24N2O. The van der Waals surface area contributed by atoms with Crippen LogP contribution < -0.4 is 10.6 Å². The van der Waals surface area contributed by atoms with Gasteiger partial charge < -0.3 is 10.6 Å². The Hall–Kier alpha value is -2.29. The number of benzene rings is 2. The number of carbonyl (C=O) groups excluding carboxylic acids is 1. The highest BCUT2D eigenvalue weighted by molar-refractivity contribution is 5.96. The molecular weight excluding hydrogens is 272 g/mol. The summed E-state index contributed by atoms with van der Waals surface area (Å²) in [6.45, 7) is 8.16. The summed E-state index contributed by atoms with van der Waals surface area (Å²) in [7, 11) is 0. The van der Waals surface area contributed by atoms with Crippen molar-refractivity contribution in [1.29, 1.82) is 0 Å². The first kappa shape index (κ1) is 16.1. The van der Waals surface area contributed by atoms with Gasteiger partial charge in [0.25, 0.3) is 0 Å². The molecule has 2 aromatic rings. The van der Waals surface area contributed by atoms with E-state index >= 15 is 0 Å². The number of para-hydroxylation sites is 1. The molecule has 22 heavy (non-hydrogen) atoms. The van der Waals surface area contributed by atoms with Gasteiger partial charge in [0.15, 0.2) is 0 Å². The Balaban J connectivity index is 2.06. The minimum atomic E-state index is -0.304. The van der Waals surface area contributed by atoms with E-state index in [9.17, 15) is 4.79 Å². The molecule has 0 aliphatic heterocycles. The van der Waals surface area contributed by atoms with Crippen LogP contribution in [0.2, 0.25) is 0 Å². The summed E-state index contributed by atoms with van der Waals surface area (Å²) in [5.41, 5.74) is 4.17. The molecule has 0 fully saturated rings. The predicted molar refractivity (Wildman–Crippen MR) is 93.4 cm³/mol. The van der Waals surface area contributed by atoms with Gasteiger partial charge in [-0.3, -0.25) is 4.79 Å². The van der Waals surface area contributed by atoms with Gasteiger partial charge >= 0.3 is 0 Å². The maximum Gasteiger partial charge on any atom is 0.246 e. The summed E-state index contributed by atoms with van der Waals surface area (Å²) in [5.74, 6) is 0.339. The lowest BCUT2D eigenvalue weighted by Gasteiger charge is -2.18. The molecule has 3 nitrogen and oxygen atoms in total. The molecule has 0 bridgehead atoms. The maximum absolute atomic E-state index is 12.4. The van der Waals surface area contributed by atoms with E-state index in [1.165, 1.54) is 5.56 Å². The van der Waals surface area contributed by atoms with Crippen molar-refractivity contribution in [1.82, 2.24) is 0 Å². The quantitative estimate of drug-likeness (QED) is 0.849. The van der Waals surface area contributed by atoms with E-state index in [0.29, 0.717) is 5.92 Å². The predicted octanol–water partition coefficient (Wildman–Crippen LogP) is 4.56. The number of nitrogens with one attached hydrogen (secondary N) is 2. The molecule has 0 aromatic heterocycles. The van der Waals surface area contributed by atoms with Crippen molar-refractivity contribution in [2.24, 2.45) is 0 Å². The molecule has 2 N–H and O–H groups in total. The van der Waals surface area contributed by atoms with E-state index < -0.39 is 0 Å². The Labute approximate surface area is 132 Å². The first-order valence-corrected chi connectivity index (χ1v) is 7.70. The van der Waals surface area contributed by atoms with Gasteiger partial charge in [-0.1, -0.05) is 44.2 Å². The van der Waals surface area contributed by atoms with Crippen molar-refractivity contribution in [3.05, 3.63) is 59.7 Å². The second-order valence-corrected chi connectivity index (χ2v) is 5.97. The van der Waals surface area contributed by atoms with Crippen LogP contribution in [0.15, 0.2) is 48.5 Å². The van der Waals surface area contributed by atoms with Crippen molar-refractivity contribution in [3.8, 4) is 0 Å². The number of hydrogen-bond donors (Lipinski definition) is 2. The number of rotatable bonds is 5. The molecule has 2 rings (SSSR count). The summed E-state index contributed by atoms with van der Waals surface area (Å²) in [5, 5.41) is 6.26. The van der Waals surface area contributed by atoms with E-state index in [1.807, 2.05) is 56.3 Å². The summed E-state index contributed by atoms with van der Waals surface area (Å²) >= 11 is 0. The molecule has 0 spiro atoms. The molecule has 1 atom stereocenters. The lowest BCUT2D eigenvalue weighted by Crippen LogP contribution is -2.32. The molecule has 116 valence electrons. The Morgan fingerprint density at radius 1 is 1.00 bits per heavy atom. The summed E-state index contributed by atoms with van der Waals surface area (Å²) in [6, 6.07) is 15.7. The number of hydrogen-bond acceptors (Lipinski definition) is 2. The number of aryl methyl sites for hydroxylation is 1. The highest BCUT2D eigenvalue weighted by Crippen LogP contribution is 2.24. The van der Waals surface area contributed by atoms with E-state index in [2.05, 4.69) is 30.5 Å². The van der Waals surface area contributed by atoms with Crippen LogP contribution >= 0.6 is 0 Å². The maximum atomic E-state index is 12.4. The molecule has 0 radical (unpaired) electrons. The topological polar surface area (TPSA) is 41.1 Å². The van der Waals surface area contributed by atoms with Crippen LogP contribution in [0.1, 0.15) is 37.8 Å². The van der Waals surface area contributed by atoms with Gasteiger partial charge in [-0.15, -0.1) is 0 Å². The number of anilines is 2. The molecule has 2 aromatic carbocycles. The number of carbonyl (C=O) groups is 1. The van der Waals surface area contributed by atoms with Crippen molar-refractivity contribution < 1.29 is 4.79 Å². The minimum absolute atomic E-state index is 0.0328. The zero-order chi connectivity index (χ0) is 16.1. The normalized spacial score (nSPS) is 12.0. The van der Waals surface area contributed by atoms with E-state index in [-0.39, 0.29) is 11.9 Å². The van der Waals surface area contributed by atoms with Crippen LogP contribution in [0.4, 0.5) is 11.4 Å². The molecule has 0 aliphatic carbocycles. The average Bonchev–Trinajstić information content (AvgIpc) is 2.47. The fraction of sp³-hybridized carbons (Fsp3) is 0.316. The third-order valence-corrected chi connectivity index (χ3v) is 3.64. The van der Waals surface area contributed by atoms with Crippen LogP contribution in [0, 0.1) is 6.92 Å². The third-order valence-electron chi connectivity index (χ3n) is 3.64.